The van der Waals surface area contributed by atoms with E-state index in [1.807, 2.05) is 30.3 Å². The quantitative estimate of drug-likeness (QED) is 0.883. The number of hydrogen-bond donors (Lipinski definition) is 2. The van der Waals surface area contributed by atoms with E-state index in [2.05, 4.69) is 5.32 Å². The molecule has 1 aliphatic rings. The molecule has 1 saturated heterocycles. The second-order valence-electron chi connectivity index (χ2n) is 5.09. The fourth-order valence-corrected chi connectivity index (χ4v) is 3.25. The van der Waals surface area contributed by atoms with E-state index in [0.29, 0.717) is 10.6 Å². The van der Waals surface area contributed by atoms with Crippen molar-refractivity contribution in [2.45, 2.75) is 22.6 Å². The fraction of sp³-hybridized carbons (Fsp3) is 0.333. The SMILES string of the molecule is C1CCNC1.O=S(c1ccccc1)c1cccc(OCCO)c1. The predicted molar refractivity (Wildman–Crippen MR) is 92.2 cm³/mol. The van der Waals surface area contributed by atoms with Gasteiger partial charge in [-0.3, -0.25) is 0 Å². The summed E-state index contributed by atoms with van der Waals surface area (Å²) in [7, 11) is -1.21. The average molecular weight is 333 g/mol. The minimum Gasteiger partial charge on any atom is -0.491 e. The van der Waals surface area contributed by atoms with E-state index in [1.54, 1.807) is 24.3 Å². The van der Waals surface area contributed by atoms with Crippen LogP contribution in [-0.4, -0.2) is 35.6 Å². The maximum atomic E-state index is 12.3. The highest BCUT2D eigenvalue weighted by atomic mass is 32.2. The van der Waals surface area contributed by atoms with Crippen LogP contribution in [0.25, 0.3) is 0 Å². The molecule has 1 heterocycles. The van der Waals surface area contributed by atoms with Gasteiger partial charge in [0.2, 0.25) is 0 Å². The van der Waals surface area contributed by atoms with Crippen molar-refractivity contribution in [2.24, 2.45) is 0 Å². The maximum Gasteiger partial charge on any atom is 0.120 e. The monoisotopic (exact) mass is 333 g/mol. The molecule has 2 aromatic carbocycles. The van der Waals surface area contributed by atoms with E-state index in [1.165, 1.54) is 25.9 Å². The summed E-state index contributed by atoms with van der Waals surface area (Å²) in [4.78, 5) is 1.45. The van der Waals surface area contributed by atoms with Crippen LogP contribution in [-0.2, 0) is 10.8 Å². The number of hydrogen-bond acceptors (Lipinski definition) is 4. The van der Waals surface area contributed by atoms with Crippen LogP contribution < -0.4 is 10.1 Å². The number of nitrogens with one attached hydrogen (secondary N) is 1. The molecule has 0 bridgehead atoms. The van der Waals surface area contributed by atoms with Crippen LogP contribution in [0.4, 0.5) is 0 Å². The largest absolute Gasteiger partial charge is 0.491 e. The van der Waals surface area contributed by atoms with Crippen LogP contribution in [0.1, 0.15) is 12.8 Å². The lowest BCUT2D eigenvalue weighted by molar-refractivity contribution is 0.201. The number of aliphatic hydroxyl groups excluding tert-OH is 1. The molecular weight excluding hydrogens is 310 g/mol. The van der Waals surface area contributed by atoms with E-state index >= 15 is 0 Å². The van der Waals surface area contributed by atoms with Gasteiger partial charge in [-0.1, -0.05) is 24.3 Å². The summed E-state index contributed by atoms with van der Waals surface area (Å²) in [5.74, 6) is 0.617. The third kappa shape index (κ3) is 6.14. The van der Waals surface area contributed by atoms with Gasteiger partial charge in [-0.25, -0.2) is 4.21 Å². The fourth-order valence-electron chi connectivity index (χ4n) is 2.15. The Balaban J connectivity index is 0.000000326. The Morgan fingerprint density at radius 2 is 1.70 bits per heavy atom. The third-order valence-corrected chi connectivity index (χ3v) is 4.68. The van der Waals surface area contributed by atoms with Crippen LogP contribution in [0.5, 0.6) is 5.75 Å². The summed E-state index contributed by atoms with van der Waals surface area (Å²) in [6.07, 6.45) is 2.78. The molecule has 1 aliphatic heterocycles. The van der Waals surface area contributed by atoms with E-state index in [9.17, 15) is 4.21 Å². The maximum absolute atomic E-state index is 12.3. The van der Waals surface area contributed by atoms with E-state index in [4.69, 9.17) is 9.84 Å². The Morgan fingerprint density at radius 3 is 2.30 bits per heavy atom. The zero-order valence-electron chi connectivity index (χ0n) is 13.1. The minimum atomic E-state index is -1.21. The molecule has 124 valence electrons. The lowest BCUT2D eigenvalue weighted by Gasteiger charge is -2.06. The van der Waals surface area contributed by atoms with Gasteiger partial charge in [0.1, 0.15) is 12.4 Å². The minimum absolute atomic E-state index is 0.0357. The average Bonchev–Trinajstić information content (AvgIpc) is 3.20. The summed E-state index contributed by atoms with van der Waals surface area (Å²) in [6, 6.07) is 16.4. The van der Waals surface area contributed by atoms with Crippen molar-refractivity contribution in [3.05, 3.63) is 54.6 Å². The van der Waals surface area contributed by atoms with Crippen molar-refractivity contribution in [1.29, 1.82) is 0 Å². The van der Waals surface area contributed by atoms with Crippen LogP contribution in [0.2, 0.25) is 0 Å². The van der Waals surface area contributed by atoms with Gasteiger partial charge in [0.25, 0.3) is 0 Å². The van der Waals surface area contributed by atoms with Gasteiger partial charge < -0.3 is 15.2 Å². The molecule has 5 heteroatoms. The number of benzene rings is 2. The summed E-state index contributed by atoms with van der Waals surface area (Å²) >= 11 is 0. The van der Waals surface area contributed by atoms with Crippen molar-refractivity contribution < 1.29 is 14.1 Å². The molecule has 0 amide bonds. The second-order valence-corrected chi connectivity index (χ2v) is 6.57. The second kappa shape index (κ2) is 10.2. The van der Waals surface area contributed by atoms with Crippen molar-refractivity contribution >= 4 is 10.8 Å². The highest BCUT2D eigenvalue weighted by Gasteiger charge is 2.07. The summed E-state index contributed by atoms with van der Waals surface area (Å²) < 4.78 is 17.6. The molecule has 0 radical (unpaired) electrons. The Hall–Kier alpha value is -1.69. The van der Waals surface area contributed by atoms with E-state index < -0.39 is 10.8 Å². The predicted octanol–water partition coefficient (Wildman–Crippen LogP) is 2.59. The lowest BCUT2D eigenvalue weighted by Crippen LogP contribution is -2.03. The molecule has 0 saturated carbocycles. The highest BCUT2D eigenvalue weighted by Crippen LogP contribution is 2.20. The molecule has 0 aromatic heterocycles. The first-order valence-electron chi connectivity index (χ1n) is 7.82. The van der Waals surface area contributed by atoms with Crippen LogP contribution in [0.15, 0.2) is 64.4 Å². The highest BCUT2D eigenvalue weighted by molar-refractivity contribution is 7.85. The van der Waals surface area contributed by atoms with Crippen molar-refractivity contribution in [2.75, 3.05) is 26.3 Å². The topological polar surface area (TPSA) is 58.6 Å². The molecule has 3 rings (SSSR count). The van der Waals surface area contributed by atoms with Crippen molar-refractivity contribution in [1.82, 2.24) is 5.32 Å². The van der Waals surface area contributed by atoms with Crippen molar-refractivity contribution in [3.63, 3.8) is 0 Å². The summed E-state index contributed by atoms with van der Waals surface area (Å²) in [5.41, 5.74) is 0. The molecule has 1 unspecified atom stereocenters. The molecule has 0 spiro atoms. The van der Waals surface area contributed by atoms with Crippen LogP contribution in [0, 0.1) is 0 Å². The van der Waals surface area contributed by atoms with Gasteiger partial charge in [0, 0.05) is 9.79 Å². The number of aliphatic hydroxyl groups is 1. The first kappa shape index (κ1) is 17.7. The zero-order valence-corrected chi connectivity index (χ0v) is 13.9. The lowest BCUT2D eigenvalue weighted by atomic mass is 10.3. The van der Waals surface area contributed by atoms with Gasteiger partial charge in [-0.05, 0) is 56.3 Å². The summed E-state index contributed by atoms with van der Waals surface area (Å²) in [5, 5.41) is 11.9. The van der Waals surface area contributed by atoms with E-state index in [-0.39, 0.29) is 13.2 Å². The first-order chi connectivity index (χ1) is 11.3. The van der Waals surface area contributed by atoms with Crippen LogP contribution >= 0.6 is 0 Å². The molecule has 23 heavy (non-hydrogen) atoms. The Bertz CT molecular complexity index is 593. The molecule has 0 aliphatic carbocycles. The number of rotatable bonds is 5. The van der Waals surface area contributed by atoms with Gasteiger partial charge in [0.05, 0.1) is 17.4 Å². The number of ether oxygens (including phenoxy) is 1. The molecule has 1 fully saturated rings. The molecule has 2 N–H and O–H groups in total. The summed E-state index contributed by atoms with van der Waals surface area (Å²) in [6.45, 7) is 2.70. The van der Waals surface area contributed by atoms with Crippen molar-refractivity contribution in [3.8, 4) is 5.75 Å². The smallest absolute Gasteiger partial charge is 0.120 e. The Morgan fingerprint density at radius 1 is 1.00 bits per heavy atom. The normalized spacial score (nSPS) is 14.7. The Kier molecular flexibility index (Phi) is 7.80. The zero-order chi connectivity index (χ0) is 16.3. The van der Waals surface area contributed by atoms with Gasteiger partial charge in [-0.2, -0.15) is 0 Å². The van der Waals surface area contributed by atoms with Gasteiger partial charge in [0.15, 0.2) is 0 Å². The molecule has 4 nitrogen and oxygen atoms in total. The molecular formula is C18H23NO3S. The standard InChI is InChI=1S/C14H14O3S.C4H9N/c15-9-10-17-12-5-4-8-14(11-12)18(16)13-6-2-1-3-7-13;1-2-4-5-3-1/h1-8,11,15H,9-10H2;5H,1-4H2. The third-order valence-electron chi connectivity index (χ3n) is 3.29. The van der Waals surface area contributed by atoms with Gasteiger partial charge >= 0.3 is 0 Å². The van der Waals surface area contributed by atoms with E-state index in [0.717, 1.165) is 4.90 Å². The molecule has 1 atom stereocenters. The Labute approximate surface area is 140 Å². The van der Waals surface area contributed by atoms with Crippen LogP contribution in [0.3, 0.4) is 0 Å². The van der Waals surface area contributed by atoms with Gasteiger partial charge in [-0.15, -0.1) is 0 Å². The first-order valence-corrected chi connectivity index (χ1v) is 8.97. The molecule has 2 aromatic rings.